The van der Waals surface area contributed by atoms with E-state index in [2.05, 4.69) is 83.8 Å². The van der Waals surface area contributed by atoms with Gasteiger partial charge in [-0.05, 0) is 29.8 Å². The summed E-state index contributed by atoms with van der Waals surface area (Å²) in [6.07, 6.45) is 0. The van der Waals surface area contributed by atoms with Crippen LogP contribution in [0.1, 0.15) is 0 Å². The Hall–Kier alpha value is -5.65. The number of fused-ring (bicyclic) bond motifs is 6. The number of H-pyrrole nitrogens is 1. The Morgan fingerprint density at radius 1 is 0.432 bits per heavy atom. The fraction of sp³-hybridized carbons (Fsp3) is 0. The molecule has 3 aromatic heterocycles. The maximum absolute atomic E-state index is 5.06. The molecule has 5 heteroatoms. The van der Waals surface area contributed by atoms with Crippen LogP contribution in [-0.4, -0.2) is 19.9 Å². The summed E-state index contributed by atoms with van der Waals surface area (Å²) >= 11 is 1.80. The lowest BCUT2D eigenvalue weighted by molar-refractivity contribution is 1.08. The van der Waals surface area contributed by atoms with E-state index in [1.807, 2.05) is 60.7 Å². The Morgan fingerprint density at radius 2 is 1.07 bits per heavy atom. The van der Waals surface area contributed by atoms with Crippen LogP contribution in [0.2, 0.25) is 0 Å². The first-order chi connectivity index (χ1) is 21.8. The topological polar surface area (TPSA) is 54.5 Å². The van der Waals surface area contributed by atoms with E-state index in [0.29, 0.717) is 17.5 Å². The van der Waals surface area contributed by atoms with Crippen molar-refractivity contribution in [1.29, 1.82) is 0 Å². The minimum Gasteiger partial charge on any atom is -0.354 e. The Labute approximate surface area is 257 Å². The molecular weight excluding hydrogens is 557 g/mol. The molecule has 0 saturated carbocycles. The smallest absolute Gasteiger partial charge is 0.164 e. The zero-order valence-electron chi connectivity index (χ0n) is 23.5. The van der Waals surface area contributed by atoms with Gasteiger partial charge in [0.15, 0.2) is 17.5 Å². The molecule has 0 aliphatic carbocycles. The van der Waals surface area contributed by atoms with Crippen LogP contribution in [0.25, 0.3) is 87.3 Å². The minimum atomic E-state index is 0.664. The molecule has 0 radical (unpaired) electrons. The van der Waals surface area contributed by atoms with E-state index < -0.39 is 0 Å². The molecule has 0 unspecified atom stereocenters. The minimum absolute atomic E-state index is 0.664. The number of aromatic nitrogens is 4. The zero-order chi connectivity index (χ0) is 29.0. The first kappa shape index (κ1) is 24.9. The van der Waals surface area contributed by atoms with Crippen LogP contribution in [0.3, 0.4) is 0 Å². The molecule has 0 saturated heterocycles. The van der Waals surface area contributed by atoms with Gasteiger partial charge in [-0.2, -0.15) is 0 Å². The Bertz CT molecular complexity index is 2440. The van der Waals surface area contributed by atoms with Gasteiger partial charge in [-0.15, -0.1) is 11.3 Å². The molecule has 0 fully saturated rings. The normalized spacial score (nSPS) is 11.6. The van der Waals surface area contributed by atoms with E-state index in [1.54, 1.807) is 11.3 Å². The lowest BCUT2D eigenvalue weighted by Crippen LogP contribution is -2.00. The third kappa shape index (κ3) is 4.02. The second-order valence-corrected chi connectivity index (χ2v) is 12.0. The van der Waals surface area contributed by atoms with Gasteiger partial charge in [0.25, 0.3) is 0 Å². The van der Waals surface area contributed by atoms with Crippen molar-refractivity contribution in [3.8, 4) is 45.3 Å². The lowest BCUT2D eigenvalue weighted by Gasteiger charge is -2.10. The number of aromatic amines is 1. The number of hydrogen-bond acceptors (Lipinski definition) is 4. The van der Waals surface area contributed by atoms with Crippen LogP contribution in [-0.2, 0) is 0 Å². The molecule has 0 aliphatic rings. The summed E-state index contributed by atoms with van der Waals surface area (Å²) in [5, 5.41) is 4.85. The summed E-state index contributed by atoms with van der Waals surface area (Å²) in [5.41, 5.74) is 7.60. The molecule has 44 heavy (non-hydrogen) atoms. The molecule has 9 rings (SSSR count). The number of hydrogen-bond donors (Lipinski definition) is 1. The van der Waals surface area contributed by atoms with Crippen LogP contribution in [0, 0.1) is 0 Å². The summed E-state index contributed by atoms with van der Waals surface area (Å²) in [4.78, 5) is 18.7. The first-order valence-electron chi connectivity index (χ1n) is 14.6. The molecule has 4 nitrogen and oxygen atoms in total. The summed E-state index contributed by atoms with van der Waals surface area (Å²) in [6.45, 7) is 0. The SMILES string of the molecule is c1ccc(-c2nc(-c3ccccc3)nc(-c3cccc4sc5ccc(-c6cccc7c6[nH]c6ccccc67)cc5c34)n2)cc1. The van der Waals surface area contributed by atoms with Gasteiger partial charge < -0.3 is 4.98 Å². The highest BCUT2D eigenvalue weighted by molar-refractivity contribution is 7.26. The van der Waals surface area contributed by atoms with Gasteiger partial charge in [0.05, 0.1) is 5.52 Å². The first-order valence-corrected chi connectivity index (χ1v) is 15.4. The summed E-state index contributed by atoms with van der Waals surface area (Å²) in [6, 6.07) is 48.6. The van der Waals surface area contributed by atoms with Gasteiger partial charge >= 0.3 is 0 Å². The molecule has 0 bridgehead atoms. The monoisotopic (exact) mass is 580 g/mol. The van der Waals surface area contributed by atoms with Gasteiger partial charge in [-0.25, -0.2) is 15.0 Å². The van der Waals surface area contributed by atoms with E-state index in [0.717, 1.165) is 27.7 Å². The van der Waals surface area contributed by atoms with Gasteiger partial charge in [0.1, 0.15) is 0 Å². The number of rotatable bonds is 4. The fourth-order valence-electron chi connectivity index (χ4n) is 6.22. The standard InChI is InChI=1S/C39H24N4S/c1-3-11-24(12-4-1)37-41-38(25-13-5-2-6-14-25)43-39(42-37)30-18-10-20-34-35(30)31-23-26(21-22-33(31)44-34)27-16-9-17-29-28-15-7-8-19-32(28)40-36(27)29/h1-23,40H. The number of nitrogens with zero attached hydrogens (tertiary/aromatic N) is 3. The summed E-state index contributed by atoms with van der Waals surface area (Å²) < 4.78 is 2.45. The fourth-order valence-corrected chi connectivity index (χ4v) is 7.34. The molecule has 9 aromatic rings. The molecule has 3 heterocycles. The van der Waals surface area contributed by atoms with Crippen LogP contribution in [0.5, 0.6) is 0 Å². The number of benzene rings is 6. The van der Waals surface area contributed by atoms with Crippen LogP contribution >= 0.6 is 11.3 Å². The summed E-state index contributed by atoms with van der Waals surface area (Å²) in [7, 11) is 0. The molecule has 0 spiro atoms. The van der Waals surface area contributed by atoms with Crippen molar-refractivity contribution < 1.29 is 0 Å². The third-order valence-corrected chi connectivity index (χ3v) is 9.42. The second kappa shape index (κ2) is 9.97. The number of nitrogens with one attached hydrogen (secondary N) is 1. The van der Waals surface area contributed by atoms with E-state index in [-0.39, 0.29) is 0 Å². The second-order valence-electron chi connectivity index (χ2n) is 10.9. The average Bonchev–Trinajstić information content (AvgIpc) is 3.67. The quantitative estimate of drug-likeness (QED) is 0.225. The van der Waals surface area contributed by atoms with Crippen LogP contribution in [0.15, 0.2) is 140 Å². The molecule has 0 amide bonds. The van der Waals surface area contributed by atoms with E-state index in [1.165, 1.54) is 42.1 Å². The largest absolute Gasteiger partial charge is 0.354 e. The number of thiophene rings is 1. The molecule has 0 atom stereocenters. The average molecular weight is 581 g/mol. The Balaban J connectivity index is 1.28. The van der Waals surface area contributed by atoms with Crippen molar-refractivity contribution in [2.75, 3.05) is 0 Å². The van der Waals surface area contributed by atoms with Crippen molar-refractivity contribution in [1.82, 2.24) is 19.9 Å². The Kier molecular flexibility index (Phi) is 5.64. The Morgan fingerprint density at radius 3 is 1.84 bits per heavy atom. The molecule has 6 aromatic carbocycles. The maximum atomic E-state index is 5.06. The zero-order valence-corrected chi connectivity index (χ0v) is 24.3. The van der Waals surface area contributed by atoms with Gasteiger partial charge in [0.2, 0.25) is 0 Å². The van der Waals surface area contributed by atoms with Crippen molar-refractivity contribution in [3.63, 3.8) is 0 Å². The van der Waals surface area contributed by atoms with Crippen molar-refractivity contribution in [3.05, 3.63) is 140 Å². The molecular formula is C39H24N4S. The molecule has 1 N–H and O–H groups in total. The van der Waals surface area contributed by atoms with Gasteiger partial charge in [0, 0.05) is 58.7 Å². The predicted molar refractivity (Wildman–Crippen MR) is 184 cm³/mol. The summed E-state index contributed by atoms with van der Waals surface area (Å²) in [5.74, 6) is 2.00. The van der Waals surface area contributed by atoms with Crippen molar-refractivity contribution in [2.24, 2.45) is 0 Å². The predicted octanol–water partition coefficient (Wildman–Crippen LogP) is 10.5. The van der Waals surface area contributed by atoms with Crippen molar-refractivity contribution in [2.45, 2.75) is 0 Å². The van der Waals surface area contributed by atoms with Crippen LogP contribution in [0.4, 0.5) is 0 Å². The van der Waals surface area contributed by atoms with Gasteiger partial charge in [-0.1, -0.05) is 115 Å². The van der Waals surface area contributed by atoms with Crippen molar-refractivity contribution >= 4 is 53.3 Å². The third-order valence-electron chi connectivity index (χ3n) is 8.29. The highest BCUT2D eigenvalue weighted by atomic mass is 32.1. The highest BCUT2D eigenvalue weighted by Gasteiger charge is 2.18. The van der Waals surface area contributed by atoms with E-state index in [9.17, 15) is 0 Å². The number of para-hydroxylation sites is 2. The molecule has 206 valence electrons. The molecule has 0 aliphatic heterocycles. The highest BCUT2D eigenvalue weighted by Crippen LogP contribution is 2.42. The maximum Gasteiger partial charge on any atom is 0.164 e. The van der Waals surface area contributed by atoms with E-state index in [4.69, 9.17) is 15.0 Å². The van der Waals surface area contributed by atoms with E-state index >= 15 is 0 Å². The van der Waals surface area contributed by atoms with Crippen LogP contribution < -0.4 is 0 Å². The lowest BCUT2D eigenvalue weighted by atomic mass is 9.98. The van der Waals surface area contributed by atoms with Gasteiger partial charge in [-0.3, -0.25) is 0 Å².